The van der Waals surface area contributed by atoms with Crippen LogP contribution in [0.5, 0.6) is 0 Å². The summed E-state index contributed by atoms with van der Waals surface area (Å²) in [6, 6.07) is 0. The molecule has 0 heterocycles. The zero-order valence-corrected chi connectivity index (χ0v) is 10.4. The third-order valence-electron chi connectivity index (χ3n) is 1.46. The first kappa shape index (κ1) is 13.8. The largest absolute Gasteiger partial charge is 0.0750 e. The van der Waals surface area contributed by atoms with E-state index in [2.05, 4.69) is 26.9 Å². The van der Waals surface area contributed by atoms with Crippen molar-refractivity contribution in [1.82, 2.24) is 0 Å². The van der Waals surface area contributed by atoms with Gasteiger partial charge in [-0.05, 0) is 0 Å². The van der Waals surface area contributed by atoms with E-state index in [1.807, 2.05) is 0 Å². The van der Waals surface area contributed by atoms with Gasteiger partial charge in [-0.15, -0.1) is 0 Å². The molecule has 0 saturated heterocycles. The predicted molar refractivity (Wildman–Crippen MR) is 59.3 cm³/mol. The third kappa shape index (κ3) is 25.3. The van der Waals surface area contributed by atoms with E-state index in [-0.39, 0.29) is 0 Å². The molecule has 0 fully saturated rings. The molecule has 0 nitrogen and oxygen atoms in total. The molecule has 70 valence electrons. The van der Waals surface area contributed by atoms with Gasteiger partial charge in [0.05, 0.1) is 0 Å². The average Bonchev–Trinajstić information content (AvgIpc) is 2.00. The summed E-state index contributed by atoms with van der Waals surface area (Å²) in [6.07, 6.45) is 8.49. The molecule has 11 heavy (non-hydrogen) atoms. The first-order chi connectivity index (χ1) is 5.33. The lowest BCUT2D eigenvalue weighted by molar-refractivity contribution is 0.624. The summed E-state index contributed by atoms with van der Waals surface area (Å²) >= 11 is 0. The van der Waals surface area contributed by atoms with E-state index < -0.39 is 0 Å². The quantitative estimate of drug-likeness (QED) is 0.441. The summed E-state index contributed by atoms with van der Waals surface area (Å²) in [4.78, 5) is 0. The maximum absolute atomic E-state index is 2.26. The van der Waals surface area contributed by atoms with Crippen molar-refractivity contribution in [2.24, 2.45) is 0 Å². The third-order valence-corrected chi connectivity index (χ3v) is 1.46. The van der Waals surface area contributed by atoms with Gasteiger partial charge in [0.15, 0.2) is 0 Å². The van der Waals surface area contributed by atoms with Gasteiger partial charge in [-0.3, -0.25) is 0 Å². The number of unbranched alkanes of at least 4 members (excludes halogenated alkanes) is 5. The lowest BCUT2D eigenvalue weighted by Gasteiger charge is -1.93. The monoisotopic (exact) mass is 174 g/mol. The number of rotatable bonds is 5. The fraction of sp³-hybridized carbons (Fsp3) is 1.00. The second-order valence-electron chi connectivity index (χ2n) is 3.12. The van der Waals surface area contributed by atoms with Crippen molar-refractivity contribution in [3.63, 3.8) is 0 Å². The summed E-state index contributed by atoms with van der Waals surface area (Å²) in [6.45, 7) is 9.04. The molecule has 0 radical (unpaired) electrons. The number of hydrogen-bond donors (Lipinski definition) is 0. The highest BCUT2D eigenvalue weighted by atomic mass is 28.2. The molecule has 0 unspecified atom stereocenters. The number of hydrogen-bond acceptors (Lipinski definition) is 0. The Bertz CT molecular complexity index is 38.1. The van der Waals surface area contributed by atoms with Crippen molar-refractivity contribution < 1.29 is 0 Å². The Hall–Kier alpha value is 0.217. The molecule has 1 heteroatoms. The molecule has 0 aliphatic rings. The van der Waals surface area contributed by atoms with Gasteiger partial charge in [0.1, 0.15) is 0 Å². The topological polar surface area (TPSA) is 0 Å². The molecule has 0 aliphatic carbocycles. The molecule has 0 N–H and O–H groups in total. The van der Waals surface area contributed by atoms with Gasteiger partial charge < -0.3 is 0 Å². The minimum atomic E-state index is 0.417. The Morgan fingerprint density at radius 3 is 1.18 bits per heavy atom. The molecule has 0 atom stereocenters. The summed E-state index contributed by atoms with van der Waals surface area (Å²) in [5.74, 6) is 0. The van der Waals surface area contributed by atoms with Gasteiger partial charge >= 0.3 is 0 Å². The van der Waals surface area contributed by atoms with Crippen LogP contribution >= 0.6 is 0 Å². The average molecular weight is 174 g/mol. The van der Waals surface area contributed by atoms with Gasteiger partial charge in [0, 0.05) is 9.52 Å². The molecule has 0 aromatic heterocycles. The van der Waals surface area contributed by atoms with Crippen molar-refractivity contribution in [2.45, 2.75) is 65.5 Å². The highest BCUT2D eigenvalue weighted by molar-refractivity contribution is 6.31. The van der Waals surface area contributed by atoms with Crippen LogP contribution in [0, 0.1) is 0 Å². The summed E-state index contributed by atoms with van der Waals surface area (Å²) in [7, 11) is 0.417. The first-order valence-corrected chi connectivity index (χ1v) is 8.16. The van der Waals surface area contributed by atoms with E-state index in [0.29, 0.717) is 9.52 Å². The Morgan fingerprint density at radius 1 is 0.727 bits per heavy atom. The Balaban J connectivity index is 0. The highest BCUT2D eigenvalue weighted by Gasteiger charge is 1.83. The Morgan fingerprint density at radius 2 is 1.00 bits per heavy atom. The second-order valence-corrected chi connectivity index (χ2v) is 4.54. The van der Waals surface area contributed by atoms with E-state index in [0.717, 1.165) is 0 Å². The van der Waals surface area contributed by atoms with Gasteiger partial charge in [0.2, 0.25) is 0 Å². The van der Waals surface area contributed by atoms with E-state index in [1.54, 1.807) is 0 Å². The van der Waals surface area contributed by atoms with Crippen molar-refractivity contribution >= 4 is 9.52 Å². The van der Waals surface area contributed by atoms with Crippen LogP contribution in [-0.2, 0) is 0 Å². The lowest BCUT2D eigenvalue weighted by atomic mass is 10.1. The molecule has 0 bridgehead atoms. The fourth-order valence-electron chi connectivity index (χ4n) is 0.854. The van der Waals surface area contributed by atoms with Gasteiger partial charge in [0.25, 0.3) is 0 Å². The van der Waals surface area contributed by atoms with Gasteiger partial charge in [-0.1, -0.05) is 65.5 Å². The van der Waals surface area contributed by atoms with Gasteiger partial charge in [-0.2, -0.15) is 0 Å². The SMILES string of the molecule is CCCCCCCC.C[SiH2]C. The van der Waals surface area contributed by atoms with Crippen LogP contribution in [-0.4, -0.2) is 9.52 Å². The van der Waals surface area contributed by atoms with E-state index in [9.17, 15) is 0 Å². The normalized spacial score (nSPS) is 8.73. The zero-order chi connectivity index (χ0) is 8.95. The van der Waals surface area contributed by atoms with Crippen molar-refractivity contribution in [3.05, 3.63) is 0 Å². The van der Waals surface area contributed by atoms with Crippen LogP contribution in [0.4, 0.5) is 0 Å². The minimum Gasteiger partial charge on any atom is -0.0750 e. The predicted octanol–water partition coefficient (Wildman–Crippen LogP) is 3.62. The first-order valence-electron chi connectivity index (χ1n) is 5.33. The van der Waals surface area contributed by atoms with Crippen LogP contribution in [0.2, 0.25) is 13.1 Å². The smallest absolute Gasteiger partial charge is 0.0135 e. The van der Waals surface area contributed by atoms with Gasteiger partial charge in [-0.25, -0.2) is 0 Å². The van der Waals surface area contributed by atoms with Crippen LogP contribution < -0.4 is 0 Å². The molecule has 0 aromatic rings. The van der Waals surface area contributed by atoms with Crippen molar-refractivity contribution in [3.8, 4) is 0 Å². The Kier molecular flexibility index (Phi) is 20.9. The summed E-state index contributed by atoms with van der Waals surface area (Å²) < 4.78 is 0. The minimum absolute atomic E-state index is 0.417. The van der Waals surface area contributed by atoms with E-state index in [4.69, 9.17) is 0 Å². The van der Waals surface area contributed by atoms with Crippen LogP contribution in [0.15, 0.2) is 0 Å². The maximum atomic E-state index is 2.26. The second kappa shape index (κ2) is 16.7. The van der Waals surface area contributed by atoms with Crippen LogP contribution in [0.1, 0.15) is 52.4 Å². The van der Waals surface area contributed by atoms with Crippen LogP contribution in [0.25, 0.3) is 0 Å². The summed E-state index contributed by atoms with van der Waals surface area (Å²) in [5.41, 5.74) is 0. The maximum Gasteiger partial charge on any atom is 0.0135 e. The molecule has 0 aromatic carbocycles. The highest BCUT2D eigenvalue weighted by Crippen LogP contribution is 2.03. The molecule has 0 saturated carbocycles. The van der Waals surface area contributed by atoms with E-state index >= 15 is 0 Å². The van der Waals surface area contributed by atoms with Crippen molar-refractivity contribution in [1.29, 1.82) is 0 Å². The van der Waals surface area contributed by atoms with Crippen LogP contribution in [0.3, 0.4) is 0 Å². The molecular formula is C10H26Si. The zero-order valence-electron chi connectivity index (χ0n) is 8.95. The standard InChI is InChI=1S/C8H18.C2H8Si/c1-3-5-7-8-6-4-2;1-3-2/h3-8H2,1-2H3;3H2,1-2H3. The molecule has 0 spiro atoms. The molecular weight excluding hydrogens is 148 g/mol. The lowest BCUT2D eigenvalue weighted by Crippen LogP contribution is -1.73. The molecule has 0 amide bonds. The van der Waals surface area contributed by atoms with E-state index in [1.165, 1.54) is 38.5 Å². The fourth-order valence-corrected chi connectivity index (χ4v) is 0.854. The summed E-state index contributed by atoms with van der Waals surface area (Å²) in [5, 5.41) is 0. The Labute approximate surface area is 75.6 Å². The molecule has 0 rings (SSSR count). The molecule has 0 aliphatic heterocycles. The van der Waals surface area contributed by atoms with Crippen molar-refractivity contribution in [2.75, 3.05) is 0 Å².